The van der Waals surface area contributed by atoms with E-state index in [1.165, 1.54) is 24.3 Å². The van der Waals surface area contributed by atoms with Crippen molar-refractivity contribution < 1.29 is 57.9 Å². The Morgan fingerprint density at radius 3 is 2.22 bits per heavy atom. The van der Waals surface area contributed by atoms with Crippen LogP contribution in [0.2, 0.25) is 0 Å². The highest BCUT2D eigenvalue weighted by atomic mass is 31.2. The number of nitrogens with two attached hydrogens (primary N) is 2. The number of nitrogens with one attached hydrogen (secondary N) is 2. The molecule has 1 heterocycles. The standard InChI is InChI=1S/C23H32N5O12P/c24-14(11-18(25)29)22(34)28-9-1-2-17(28)21(33)26-15(7-8-19(30)31)20(32)27-16(23(35)36)10-12-3-5-13(6-4-12)40-41(37,38)39/h3-6,14-17H,1-2,7-11,24H2,(H2,25,29)(H,26,33)(H,27,32)(H,30,31)(H,35,36)(H2,37,38,39)/t14-,15+,16+,17+/m0/s1. The molecule has 17 nitrogen and oxygen atoms in total. The molecule has 0 spiro atoms. The molecule has 10 N–H and O–H groups in total. The summed E-state index contributed by atoms with van der Waals surface area (Å²) in [6.45, 7) is 0.147. The molecule has 1 aromatic rings. The number of carboxylic acid groups (broad SMARTS) is 2. The van der Waals surface area contributed by atoms with Crippen LogP contribution < -0.4 is 26.6 Å². The van der Waals surface area contributed by atoms with Gasteiger partial charge in [0.25, 0.3) is 0 Å². The summed E-state index contributed by atoms with van der Waals surface area (Å²) in [6, 6.07) is -0.319. The number of rotatable bonds is 15. The van der Waals surface area contributed by atoms with Gasteiger partial charge in [-0.2, -0.15) is 0 Å². The Morgan fingerprint density at radius 1 is 1.05 bits per heavy atom. The van der Waals surface area contributed by atoms with Crippen LogP contribution in [0.25, 0.3) is 0 Å². The van der Waals surface area contributed by atoms with Gasteiger partial charge in [0.05, 0.1) is 12.5 Å². The number of carbonyl (C=O) groups excluding carboxylic acids is 4. The maximum Gasteiger partial charge on any atom is 0.524 e. The van der Waals surface area contributed by atoms with Crippen molar-refractivity contribution in [3.63, 3.8) is 0 Å². The fraction of sp³-hybridized carbons (Fsp3) is 0.478. The molecule has 1 aliphatic heterocycles. The average molecular weight is 602 g/mol. The third-order valence-electron chi connectivity index (χ3n) is 6.06. The van der Waals surface area contributed by atoms with E-state index in [1.807, 2.05) is 0 Å². The lowest BCUT2D eigenvalue weighted by Gasteiger charge is -2.28. The Labute approximate surface area is 233 Å². The van der Waals surface area contributed by atoms with Crippen molar-refractivity contribution in [2.24, 2.45) is 11.5 Å². The number of benzene rings is 1. The number of nitrogens with zero attached hydrogens (tertiary/aromatic N) is 1. The summed E-state index contributed by atoms with van der Waals surface area (Å²) >= 11 is 0. The summed E-state index contributed by atoms with van der Waals surface area (Å²) in [5, 5.41) is 23.4. The van der Waals surface area contributed by atoms with E-state index in [4.69, 9.17) is 26.4 Å². The van der Waals surface area contributed by atoms with Crippen molar-refractivity contribution in [1.82, 2.24) is 15.5 Å². The first-order valence-electron chi connectivity index (χ1n) is 12.3. The van der Waals surface area contributed by atoms with E-state index in [-0.39, 0.29) is 25.1 Å². The largest absolute Gasteiger partial charge is 0.524 e. The van der Waals surface area contributed by atoms with Gasteiger partial charge in [0.2, 0.25) is 23.6 Å². The Kier molecular flexibility index (Phi) is 11.8. The predicted molar refractivity (Wildman–Crippen MR) is 138 cm³/mol. The van der Waals surface area contributed by atoms with Gasteiger partial charge in [-0.15, -0.1) is 0 Å². The third-order valence-corrected chi connectivity index (χ3v) is 6.51. The molecule has 0 saturated carbocycles. The quantitative estimate of drug-likeness (QED) is 0.0993. The number of likely N-dealkylation sites (tertiary alicyclic amines) is 1. The summed E-state index contributed by atoms with van der Waals surface area (Å²) in [6.07, 6.45) is -1.04. The number of hydrogen-bond acceptors (Lipinski definition) is 9. The molecule has 41 heavy (non-hydrogen) atoms. The molecule has 0 radical (unpaired) electrons. The van der Waals surface area contributed by atoms with E-state index in [0.29, 0.717) is 12.0 Å². The van der Waals surface area contributed by atoms with E-state index in [0.717, 1.165) is 4.90 Å². The Bertz CT molecular complexity index is 1200. The van der Waals surface area contributed by atoms with Gasteiger partial charge in [-0.05, 0) is 37.0 Å². The smallest absolute Gasteiger partial charge is 0.481 e. The van der Waals surface area contributed by atoms with Crippen LogP contribution >= 0.6 is 7.82 Å². The molecule has 0 aliphatic carbocycles. The second kappa shape index (κ2) is 14.5. The van der Waals surface area contributed by atoms with E-state index >= 15 is 0 Å². The van der Waals surface area contributed by atoms with Gasteiger partial charge in [-0.1, -0.05) is 12.1 Å². The number of carboxylic acids is 2. The molecule has 1 aliphatic rings. The van der Waals surface area contributed by atoms with Crippen molar-refractivity contribution in [3.8, 4) is 5.75 Å². The van der Waals surface area contributed by atoms with Gasteiger partial charge in [0.1, 0.15) is 23.9 Å². The van der Waals surface area contributed by atoms with Crippen LogP contribution in [0.3, 0.4) is 0 Å². The van der Waals surface area contributed by atoms with Gasteiger partial charge in [-0.3, -0.25) is 33.8 Å². The van der Waals surface area contributed by atoms with Crippen LogP contribution in [0.1, 0.15) is 37.7 Å². The Morgan fingerprint density at radius 2 is 1.68 bits per heavy atom. The third kappa shape index (κ3) is 10.8. The highest BCUT2D eigenvalue weighted by Crippen LogP contribution is 2.37. The molecule has 4 amide bonds. The van der Waals surface area contributed by atoms with Gasteiger partial charge >= 0.3 is 19.8 Å². The van der Waals surface area contributed by atoms with E-state index in [2.05, 4.69) is 15.2 Å². The van der Waals surface area contributed by atoms with Crippen LogP contribution in [-0.4, -0.2) is 91.2 Å². The summed E-state index contributed by atoms with van der Waals surface area (Å²) in [5.74, 6) is -6.20. The lowest BCUT2D eigenvalue weighted by molar-refractivity contribution is -0.143. The van der Waals surface area contributed by atoms with Crippen molar-refractivity contribution in [2.45, 2.75) is 62.7 Å². The molecule has 1 fully saturated rings. The first kappa shape index (κ1) is 33.2. The Balaban J connectivity index is 2.14. The number of hydrogen-bond donors (Lipinski definition) is 8. The maximum absolute atomic E-state index is 13.1. The molecule has 0 unspecified atom stereocenters. The van der Waals surface area contributed by atoms with Gasteiger partial charge in [-0.25, -0.2) is 9.36 Å². The van der Waals surface area contributed by atoms with E-state index in [9.17, 15) is 38.4 Å². The number of amides is 4. The van der Waals surface area contributed by atoms with Crippen molar-refractivity contribution in [3.05, 3.63) is 29.8 Å². The number of phosphoric acid groups is 1. The number of aliphatic carboxylic acids is 2. The van der Waals surface area contributed by atoms with Crippen molar-refractivity contribution in [1.29, 1.82) is 0 Å². The highest BCUT2D eigenvalue weighted by molar-refractivity contribution is 7.46. The maximum atomic E-state index is 13.1. The molecule has 4 atom stereocenters. The summed E-state index contributed by atoms with van der Waals surface area (Å²) < 4.78 is 15.4. The monoisotopic (exact) mass is 601 g/mol. The zero-order valence-electron chi connectivity index (χ0n) is 21.7. The minimum atomic E-state index is -4.80. The van der Waals surface area contributed by atoms with Crippen LogP contribution in [0.4, 0.5) is 0 Å². The predicted octanol–water partition coefficient (Wildman–Crippen LogP) is -2.19. The highest BCUT2D eigenvalue weighted by Gasteiger charge is 2.38. The topological polar surface area (TPSA) is 289 Å². The number of carbonyl (C=O) groups is 6. The van der Waals surface area contributed by atoms with E-state index < -0.39 is 86.8 Å². The van der Waals surface area contributed by atoms with Crippen LogP contribution in [0.5, 0.6) is 5.75 Å². The first-order valence-corrected chi connectivity index (χ1v) is 13.8. The summed E-state index contributed by atoms with van der Waals surface area (Å²) in [7, 11) is -4.80. The lowest BCUT2D eigenvalue weighted by atomic mass is 10.0. The molecule has 0 bridgehead atoms. The first-order chi connectivity index (χ1) is 19.1. The van der Waals surface area contributed by atoms with Gasteiger partial charge in [0, 0.05) is 19.4 Å². The minimum absolute atomic E-state index is 0.147. The average Bonchev–Trinajstić information content (AvgIpc) is 3.35. The van der Waals surface area contributed by atoms with E-state index in [1.54, 1.807) is 0 Å². The van der Waals surface area contributed by atoms with Crippen molar-refractivity contribution >= 4 is 43.4 Å². The molecule has 226 valence electrons. The molecule has 1 saturated heterocycles. The zero-order chi connectivity index (χ0) is 30.9. The van der Waals surface area contributed by atoms with Crippen LogP contribution in [0.15, 0.2) is 24.3 Å². The molecule has 2 rings (SSSR count). The molecular weight excluding hydrogens is 569 g/mol. The minimum Gasteiger partial charge on any atom is -0.481 e. The van der Waals surface area contributed by atoms with Gasteiger partial charge < -0.3 is 41.7 Å². The van der Waals surface area contributed by atoms with Crippen LogP contribution in [0, 0.1) is 0 Å². The summed E-state index contributed by atoms with van der Waals surface area (Å²) in [5.41, 5.74) is 11.1. The lowest BCUT2D eigenvalue weighted by Crippen LogP contribution is -2.57. The molecule has 1 aromatic carbocycles. The SMILES string of the molecule is NC(=O)C[C@H](N)C(=O)N1CCC[C@@H]1C(=O)N[C@H](CCC(=O)O)C(=O)N[C@H](Cc1ccc(OP(=O)(O)O)cc1)C(=O)O. The second-order valence-corrected chi connectivity index (χ2v) is 10.5. The fourth-order valence-electron chi connectivity index (χ4n) is 4.16. The van der Waals surface area contributed by atoms with Gasteiger partial charge in [0.15, 0.2) is 0 Å². The summed E-state index contributed by atoms with van der Waals surface area (Å²) in [4.78, 5) is 91.8. The zero-order valence-corrected chi connectivity index (χ0v) is 22.6. The number of phosphoric ester groups is 1. The Hall–Kier alpha value is -4.05. The second-order valence-electron chi connectivity index (χ2n) is 9.29. The molecule has 0 aromatic heterocycles. The normalized spacial score (nSPS) is 17.1. The molecule has 18 heteroatoms. The number of primary amides is 1. The fourth-order valence-corrected chi connectivity index (χ4v) is 4.55. The van der Waals surface area contributed by atoms with Crippen molar-refractivity contribution in [2.75, 3.05) is 6.54 Å². The van der Waals surface area contributed by atoms with Crippen LogP contribution in [-0.2, 0) is 39.8 Å². The molecular formula is C23H32N5O12P.